The fraction of sp³-hybridized carbons (Fsp3) is 0.0833. The average molecular weight is 411 g/mol. The van der Waals surface area contributed by atoms with Crippen LogP contribution in [0.5, 0.6) is 0 Å². The number of rotatable bonds is 4. The van der Waals surface area contributed by atoms with Crippen molar-refractivity contribution < 1.29 is 9.18 Å². The summed E-state index contributed by atoms with van der Waals surface area (Å²) in [7, 11) is 0. The highest BCUT2D eigenvalue weighted by atomic mass is 19.1. The number of fused-ring (bicyclic) bond motifs is 1. The van der Waals surface area contributed by atoms with Gasteiger partial charge in [0.25, 0.3) is 0 Å². The van der Waals surface area contributed by atoms with Gasteiger partial charge in [-0.25, -0.2) is 4.39 Å². The number of hydrogen-bond acceptors (Lipinski definition) is 5. The Morgan fingerprint density at radius 3 is 2.45 bits per heavy atom. The molecule has 0 amide bonds. The van der Waals surface area contributed by atoms with Crippen molar-refractivity contribution in [2.24, 2.45) is 4.99 Å². The maximum atomic E-state index is 13.2. The Labute approximate surface area is 177 Å². The number of anilines is 1. The van der Waals surface area contributed by atoms with Crippen LogP contribution in [0.25, 0.3) is 11.4 Å². The van der Waals surface area contributed by atoms with Gasteiger partial charge in [-0.2, -0.15) is 4.98 Å². The molecular weight excluding hydrogens is 393 g/mol. The Kier molecular flexibility index (Phi) is 4.84. The van der Waals surface area contributed by atoms with E-state index in [0.717, 1.165) is 22.4 Å². The largest absolute Gasteiger partial charge is 0.325 e. The van der Waals surface area contributed by atoms with E-state index in [2.05, 4.69) is 20.5 Å². The summed E-state index contributed by atoms with van der Waals surface area (Å²) in [6.07, 6.45) is -0.581. The summed E-state index contributed by atoms with van der Waals surface area (Å²) in [6, 6.07) is 23.5. The lowest BCUT2D eigenvalue weighted by Gasteiger charge is -2.12. The van der Waals surface area contributed by atoms with Gasteiger partial charge < -0.3 is 5.32 Å². The third-order valence-electron chi connectivity index (χ3n) is 5.12. The molecule has 0 bridgehead atoms. The highest BCUT2D eigenvalue weighted by Gasteiger charge is 2.26. The normalized spacial score (nSPS) is 15.7. The molecule has 0 saturated carbocycles. The van der Waals surface area contributed by atoms with Gasteiger partial charge in [0.2, 0.25) is 5.95 Å². The molecule has 2 heterocycles. The van der Waals surface area contributed by atoms with Gasteiger partial charge in [0.15, 0.2) is 17.8 Å². The zero-order valence-electron chi connectivity index (χ0n) is 16.4. The Morgan fingerprint density at radius 2 is 1.65 bits per heavy atom. The molecule has 1 atom stereocenters. The molecule has 1 aliphatic heterocycles. The zero-order valence-corrected chi connectivity index (χ0v) is 16.4. The number of nitrogens with zero attached hydrogens (tertiary/aromatic N) is 3. The molecule has 5 rings (SSSR count). The van der Waals surface area contributed by atoms with Crippen LogP contribution in [0.2, 0.25) is 0 Å². The Hall–Kier alpha value is -4.13. The lowest BCUT2D eigenvalue weighted by Crippen LogP contribution is -2.29. The second kappa shape index (κ2) is 7.95. The molecule has 2 N–H and O–H groups in total. The number of hydrogen-bond donors (Lipinski definition) is 2. The fourth-order valence-electron chi connectivity index (χ4n) is 3.58. The third-order valence-corrected chi connectivity index (χ3v) is 5.12. The molecule has 0 radical (unpaired) electrons. The number of ketones is 1. The molecule has 7 heteroatoms. The predicted molar refractivity (Wildman–Crippen MR) is 116 cm³/mol. The van der Waals surface area contributed by atoms with Gasteiger partial charge in [-0.15, -0.1) is 5.10 Å². The molecule has 0 saturated heterocycles. The minimum absolute atomic E-state index is 0.0773. The number of aromatic amines is 1. The summed E-state index contributed by atoms with van der Waals surface area (Å²) in [6.45, 7) is 0. The van der Waals surface area contributed by atoms with Crippen molar-refractivity contribution >= 4 is 17.4 Å². The van der Waals surface area contributed by atoms with Crippen LogP contribution in [-0.4, -0.2) is 32.8 Å². The van der Waals surface area contributed by atoms with Gasteiger partial charge in [0, 0.05) is 23.1 Å². The summed E-state index contributed by atoms with van der Waals surface area (Å²) in [5, 5.41) is 10.0. The Morgan fingerprint density at radius 1 is 0.903 bits per heavy atom. The van der Waals surface area contributed by atoms with Crippen LogP contribution in [0.15, 0.2) is 83.9 Å². The van der Waals surface area contributed by atoms with Crippen LogP contribution >= 0.6 is 0 Å². The van der Waals surface area contributed by atoms with E-state index in [1.807, 2.05) is 54.6 Å². The minimum atomic E-state index is -0.834. The molecule has 0 fully saturated rings. The molecule has 6 nitrogen and oxygen atoms in total. The molecule has 1 unspecified atom stereocenters. The molecule has 3 aromatic carbocycles. The van der Waals surface area contributed by atoms with Crippen molar-refractivity contribution in [3.05, 3.63) is 101 Å². The van der Waals surface area contributed by atoms with Gasteiger partial charge in [-0.1, -0.05) is 54.6 Å². The summed E-state index contributed by atoms with van der Waals surface area (Å²) in [5.41, 5.74) is 4.23. The number of benzene rings is 3. The average Bonchev–Trinajstić information content (AvgIpc) is 3.21. The van der Waals surface area contributed by atoms with Crippen molar-refractivity contribution in [2.75, 3.05) is 5.32 Å². The van der Waals surface area contributed by atoms with Crippen LogP contribution in [0, 0.1) is 5.82 Å². The summed E-state index contributed by atoms with van der Waals surface area (Å²) in [5.74, 6) is 0.318. The van der Waals surface area contributed by atoms with E-state index < -0.39 is 6.17 Å². The monoisotopic (exact) mass is 411 g/mol. The van der Waals surface area contributed by atoms with E-state index in [1.165, 1.54) is 12.1 Å². The standard InChI is InChI=1S/C24H18FN5O/c25-18-12-10-16(11-13-18)22-27-24(30-29-22)28-23-20(31)14-17-8-4-5-9-19(17)21(26-23)15-6-2-1-3-7-15/h1-13,23H,14H2,(H2,27,28,29,30). The second-order valence-electron chi connectivity index (χ2n) is 7.21. The van der Waals surface area contributed by atoms with Crippen molar-refractivity contribution in [1.82, 2.24) is 15.2 Å². The van der Waals surface area contributed by atoms with Crippen LogP contribution in [0.4, 0.5) is 10.3 Å². The Bertz CT molecular complexity index is 1260. The summed E-state index contributed by atoms with van der Waals surface area (Å²) < 4.78 is 13.2. The van der Waals surface area contributed by atoms with Gasteiger partial charge in [-0.3, -0.25) is 14.9 Å². The number of H-pyrrole nitrogens is 1. The first kappa shape index (κ1) is 18.9. The SMILES string of the molecule is O=C1Cc2ccccc2C(c2ccccc2)=NC1Nc1n[nH]c(-c2ccc(F)cc2)n1. The van der Waals surface area contributed by atoms with Crippen molar-refractivity contribution in [2.45, 2.75) is 12.6 Å². The molecule has 31 heavy (non-hydrogen) atoms. The first-order valence-corrected chi connectivity index (χ1v) is 9.86. The molecular formula is C24H18FN5O. The van der Waals surface area contributed by atoms with Crippen molar-refractivity contribution in [1.29, 1.82) is 0 Å². The first-order chi connectivity index (χ1) is 15.2. The number of Topliss-reactive ketones (excluding diaryl/α,β-unsaturated/α-hetero) is 1. The van der Waals surface area contributed by atoms with E-state index >= 15 is 0 Å². The number of aliphatic imine (C=N–C) groups is 1. The quantitative estimate of drug-likeness (QED) is 0.532. The number of carbonyl (C=O) groups is 1. The van der Waals surface area contributed by atoms with E-state index in [9.17, 15) is 9.18 Å². The maximum Gasteiger partial charge on any atom is 0.244 e. The molecule has 1 aromatic heterocycles. The third kappa shape index (κ3) is 3.85. The van der Waals surface area contributed by atoms with Gasteiger partial charge in [-0.05, 0) is 29.8 Å². The summed E-state index contributed by atoms with van der Waals surface area (Å²) >= 11 is 0. The lowest BCUT2D eigenvalue weighted by atomic mass is 9.96. The van der Waals surface area contributed by atoms with Crippen molar-refractivity contribution in [3.8, 4) is 11.4 Å². The lowest BCUT2D eigenvalue weighted by molar-refractivity contribution is -0.118. The van der Waals surface area contributed by atoms with Crippen LogP contribution in [0.3, 0.4) is 0 Å². The van der Waals surface area contributed by atoms with Crippen LogP contribution in [-0.2, 0) is 11.2 Å². The number of carbonyl (C=O) groups excluding carboxylic acids is 1. The zero-order chi connectivity index (χ0) is 21.2. The summed E-state index contributed by atoms with van der Waals surface area (Å²) in [4.78, 5) is 22.2. The van der Waals surface area contributed by atoms with Gasteiger partial charge in [0.05, 0.1) is 5.71 Å². The molecule has 4 aromatic rings. The predicted octanol–water partition coefficient (Wildman–Crippen LogP) is 4.01. The molecule has 0 spiro atoms. The van der Waals surface area contributed by atoms with E-state index in [1.54, 1.807) is 12.1 Å². The van der Waals surface area contributed by atoms with Crippen LogP contribution < -0.4 is 5.32 Å². The van der Waals surface area contributed by atoms with Crippen LogP contribution in [0.1, 0.15) is 16.7 Å². The van der Waals surface area contributed by atoms with Gasteiger partial charge in [0.1, 0.15) is 5.82 Å². The number of aromatic nitrogens is 3. The highest BCUT2D eigenvalue weighted by molar-refractivity contribution is 6.16. The smallest absolute Gasteiger partial charge is 0.244 e. The number of halogens is 1. The van der Waals surface area contributed by atoms with Gasteiger partial charge >= 0.3 is 0 Å². The highest BCUT2D eigenvalue weighted by Crippen LogP contribution is 2.23. The van der Waals surface area contributed by atoms with E-state index in [-0.39, 0.29) is 24.0 Å². The molecule has 1 aliphatic rings. The topological polar surface area (TPSA) is 83.0 Å². The second-order valence-corrected chi connectivity index (χ2v) is 7.21. The molecule has 0 aliphatic carbocycles. The van der Waals surface area contributed by atoms with E-state index in [0.29, 0.717) is 11.4 Å². The maximum absolute atomic E-state index is 13.2. The number of nitrogens with one attached hydrogen (secondary N) is 2. The minimum Gasteiger partial charge on any atom is -0.325 e. The van der Waals surface area contributed by atoms with Crippen molar-refractivity contribution in [3.63, 3.8) is 0 Å². The fourth-order valence-corrected chi connectivity index (χ4v) is 3.58. The first-order valence-electron chi connectivity index (χ1n) is 9.86. The van der Waals surface area contributed by atoms with E-state index in [4.69, 9.17) is 4.99 Å². The molecule has 152 valence electrons. The Balaban J connectivity index is 1.49.